The van der Waals surface area contributed by atoms with Crippen LogP contribution in [0.5, 0.6) is 0 Å². The van der Waals surface area contributed by atoms with Crippen molar-refractivity contribution in [2.75, 3.05) is 26.2 Å². The molecule has 1 amide bonds. The van der Waals surface area contributed by atoms with E-state index in [2.05, 4.69) is 5.32 Å². The van der Waals surface area contributed by atoms with Crippen LogP contribution in [0.3, 0.4) is 0 Å². The lowest BCUT2D eigenvalue weighted by Gasteiger charge is -2.27. The molecule has 1 N–H and O–H groups in total. The van der Waals surface area contributed by atoms with Crippen molar-refractivity contribution in [2.24, 2.45) is 0 Å². The van der Waals surface area contributed by atoms with Gasteiger partial charge in [-0.2, -0.15) is 0 Å². The fraction of sp³-hybridized carbons (Fsp3) is 0.278. The summed E-state index contributed by atoms with van der Waals surface area (Å²) in [7, 11) is -3.48. The van der Waals surface area contributed by atoms with Crippen molar-refractivity contribution >= 4 is 28.2 Å². The Morgan fingerprint density at radius 2 is 1.68 bits per heavy atom. The number of benzene rings is 2. The molecule has 134 valence electrons. The Morgan fingerprint density at radius 3 is 2.36 bits per heavy atom. The van der Waals surface area contributed by atoms with Crippen molar-refractivity contribution in [1.29, 1.82) is 0 Å². The first-order valence-corrected chi connectivity index (χ1v) is 9.58. The maximum atomic E-state index is 12.6. The largest absolute Gasteiger partial charge is 0.336 e. The second-order valence-corrected chi connectivity index (χ2v) is 7.80. The van der Waals surface area contributed by atoms with E-state index in [-0.39, 0.29) is 29.0 Å². The van der Waals surface area contributed by atoms with Crippen LogP contribution >= 0.6 is 12.4 Å². The molecule has 2 aromatic rings. The van der Waals surface area contributed by atoms with E-state index in [0.717, 1.165) is 18.7 Å². The molecule has 0 aliphatic carbocycles. The van der Waals surface area contributed by atoms with Gasteiger partial charge < -0.3 is 10.2 Å². The summed E-state index contributed by atoms with van der Waals surface area (Å²) < 4.78 is 25.2. The number of sulfone groups is 1. The zero-order valence-corrected chi connectivity index (χ0v) is 15.4. The summed E-state index contributed by atoms with van der Waals surface area (Å²) in [6.07, 6.45) is 0. The van der Waals surface area contributed by atoms with Crippen molar-refractivity contribution in [3.63, 3.8) is 0 Å². The van der Waals surface area contributed by atoms with Crippen LogP contribution in [0.1, 0.15) is 15.9 Å². The van der Waals surface area contributed by atoms with Gasteiger partial charge in [0, 0.05) is 31.7 Å². The first-order chi connectivity index (χ1) is 11.6. The molecule has 5 nitrogen and oxygen atoms in total. The molecule has 0 radical (unpaired) electrons. The molecule has 0 bridgehead atoms. The highest BCUT2D eigenvalue weighted by atomic mass is 35.5. The predicted octanol–water partition coefficient (Wildman–Crippen LogP) is 2.13. The molecule has 1 heterocycles. The van der Waals surface area contributed by atoms with E-state index in [1.54, 1.807) is 35.2 Å². The number of hydrogen-bond donors (Lipinski definition) is 1. The molecule has 0 unspecified atom stereocenters. The van der Waals surface area contributed by atoms with Gasteiger partial charge in [0.2, 0.25) is 0 Å². The minimum Gasteiger partial charge on any atom is -0.336 e. The van der Waals surface area contributed by atoms with Gasteiger partial charge in [-0.3, -0.25) is 4.79 Å². The second kappa shape index (κ2) is 8.47. The lowest BCUT2D eigenvalue weighted by Crippen LogP contribution is -2.46. The molecule has 1 aliphatic heterocycles. The normalized spacial score (nSPS) is 14.6. The first kappa shape index (κ1) is 19.4. The van der Waals surface area contributed by atoms with Crippen LogP contribution in [0.15, 0.2) is 59.5 Å². The number of carbonyl (C=O) groups excluding carboxylic acids is 1. The van der Waals surface area contributed by atoms with Crippen molar-refractivity contribution in [1.82, 2.24) is 10.2 Å². The number of rotatable bonds is 4. The van der Waals surface area contributed by atoms with Crippen molar-refractivity contribution in [2.45, 2.75) is 10.6 Å². The maximum absolute atomic E-state index is 12.6. The summed E-state index contributed by atoms with van der Waals surface area (Å²) in [5.74, 6) is -0.188. The number of nitrogens with zero attached hydrogens (tertiary/aromatic N) is 1. The van der Waals surface area contributed by atoms with E-state index in [1.807, 2.05) is 18.2 Å². The van der Waals surface area contributed by atoms with Gasteiger partial charge in [0.15, 0.2) is 9.84 Å². The molecule has 0 atom stereocenters. The van der Waals surface area contributed by atoms with Crippen molar-refractivity contribution in [3.8, 4) is 0 Å². The van der Waals surface area contributed by atoms with Crippen LogP contribution < -0.4 is 5.32 Å². The van der Waals surface area contributed by atoms with Gasteiger partial charge in [-0.1, -0.05) is 36.4 Å². The molecule has 25 heavy (non-hydrogen) atoms. The minimum absolute atomic E-state index is 0. The lowest BCUT2D eigenvalue weighted by molar-refractivity contribution is 0.0735. The quantitative estimate of drug-likeness (QED) is 0.882. The monoisotopic (exact) mass is 380 g/mol. The number of halogens is 1. The number of nitrogens with one attached hydrogen (secondary N) is 1. The number of amides is 1. The molecule has 2 aromatic carbocycles. The lowest BCUT2D eigenvalue weighted by atomic mass is 10.2. The fourth-order valence-electron chi connectivity index (χ4n) is 2.75. The van der Waals surface area contributed by atoms with Crippen LogP contribution in [-0.2, 0) is 15.6 Å². The minimum atomic E-state index is -3.48. The predicted molar refractivity (Wildman–Crippen MR) is 99.8 cm³/mol. The summed E-state index contributed by atoms with van der Waals surface area (Å²) in [4.78, 5) is 14.5. The van der Waals surface area contributed by atoms with Crippen LogP contribution in [0.25, 0.3) is 0 Å². The van der Waals surface area contributed by atoms with Crippen LogP contribution in [-0.4, -0.2) is 45.4 Å². The topological polar surface area (TPSA) is 66.5 Å². The third kappa shape index (κ3) is 4.81. The van der Waals surface area contributed by atoms with Crippen LogP contribution in [0, 0.1) is 0 Å². The Labute approximate surface area is 154 Å². The Morgan fingerprint density at radius 1 is 1.00 bits per heavy atom. The molecule has 0 aromatic heterocycles. The molecule has 1 saturated heterocycles. The fourth-order valence-corrected chi connectivity index (χ4v) is 4.14. The van der Waals surface area contributed by atoms with Gasteiger partial charge >= 0.3 is 0 Å². The highest BCUT2D eigenvalue weighted by molar-refractivity contribution is 7.90. The molecule has 1 aliphatic rings. The van der Waals surface area contributed by atoms with Crippen molar-refractivity contribution < 1.29 is 13.2 Å². The number of carbonyl (C=O) groups is 1. The highest BCUT2D eigenvalue weighted by Gasteiger charge is 2.21. The molecule has 3 rings (SSSR count). The Bertz CT molecular complexity index is 819. The van der Waals surface area contributed by atoms with E-state index >= 15 is 0 Å². The summed E-state index contributed by atoms with van der Waals surface area (Å²) in [6, 6.07) is 15.4. The van der Waals surface area contributed by atoms with Gasteiger partial charge in [0.05, 0.1) is 10.6 Å². The third-order valence-electron chi connectivity index (χ3n) is 4.04. The highest BCUT2D eigenvalue weighted by Crippen LogP contribution is 2.19. The average molecular weight is 381 g/mol. The van der Waals surface area contributed by atoms with Gasteiger partial charge in [0.25, 0.3) is 5.91 Å². The van der Waals surface area contributed by atoms with Crippen LogP contribution in [0.4, 0.5) is 0 Å². The van der Waals surface area contributed by atoms with E-state index in [1.165, 1.54) is 6.07 Å². The third-order valence-corrected chi connectivity index (χ3v) is 5.73. The molecule has 1 fully saturated rings. The summed E-state index contributed by atoms with van der Waals surface area (Å²) in [6.45, 7) is 2.80. The van der Waals surface area contributed by atoms with Gasteiger partial charge in [0.1, 0.15) is 0 Å². The second-order valence-electron chi connectivity index (χ2n) is 5.81. The average Bonchev–Trinajstić information content (AvgIpc) is 2.62. The van der Waals surface area contributed by atoms with Crippen LogP contribution in [0.2, 0.25) is 0 Å². The molecule has 7 heteroatoms. The zero-order chi connectivity index (χ0) is 17.0. The van der Waals surface area contributed by atoms with Crippen molar-refractivity contribution in [3.05, 3.63) is 65.7 Å². The number of piperazine rings is 1. The van der Waals surface area contributed by atoms with E-state index in [0.29, 0.717) is 18.7 Å². The SMILES string of the molecule is Cl.O=C(c1cccc(S(=O)(=O)Cc2ccccc2)c1)N1CCNCC1. The molecule has 0 spiro atoms. The zero-order valence-electron chi connectivity index (χ0n) is 13.7. The Balaban J connectivity index is 0.00000225. The summed E-state index contributed by atoms with van der Waals surface area (Å²) >= 11 is 0. The standard InChI is InChI=1S/C18H20N2O3S.ClH/c21-18(20-11-9-19-10-12-20)16-7-4-8-17(13-16)24(22,23)14-15-5-2-1-3-6-15;/h1-8,13,19H,9-12,14H2;1H. The van der Waals surface area contributed by atoms with Gasteiger partial charge in [-0.05, 0) is 23.8 Å². The number of hydrogen-bond acceptors (Lipinski definition) is 4. The molecule has 0 saturated carbocycles. The molecular weight excluding hydrogens is 360 g/mol. The van der Waals surface area contributed by atoms with E-state index < -0.39 is 9.84 Å². The van der Waals surface area contributed by atoms with Gasteiger partial charge in [-0.25, -0.2) is 8.42 Å². The molecular formula is C18H21ClN2O3S. The Kier molecular flexibility index (Phi) is 6.58. The Hall–Kier alpha value is -1.89. The summed E-state index contributed by atoms with van der Waals surface area (Å²) in [5, 5.41) is 3.19. The summed E-state index contributed by atoms with van der Waals surface area (Å²) in [5.41, 5.74) is 1.15. The maximum Gasteiger partial charge on any atom is 0.253 e. The first-order valence-electron chi connectivity index (χ1n) is 7.93. The van der Waals surface area contributed by atoms with E-state index in [9.17, 15) is 13.2 Å². The van der Waals surface area contributed by atoms with E-state index in [4.69, 9.17) is 0 Å². The smallest absolute Gasteiger partial charge is 0.253 e. The van der Waals surface area contributed by atoms with Gasteiger partial charge in [-0.15, -0.1) is 12.4 Å².